The average Bonchev–Trinajstić information content (AvgIpc) is 2.92. The monoisotopic (exact) mass is 327 g/mol. The lowest BCUT2D eigenvalue weighted by molar-refractivity contribution is 0.274. The molecule has 0 saturated heterocycles. The lowest BCUT2D eigenvalue weighted by Crippen LogP contribution is -2.26. The van der Waals surface area contributed by atoms with Crippen LogP contribution in [0.1, 0.15) is 11.4 Å². The lowest BCUT2D eigenvalue weighted by atomic mass is 10.2. The summed E-state index contributed by atoms with van der Waals surface area (Å²) in [6, 6.07) is 6.63. The molecule has 0 spiro atoms. The minimum absolute atomic E-state index is 0.229. The molecule has 0 unspecified atom stereocenters. The Bertz CT molecular complexity index is 930. The van der Waals surface area contributed by atoms with Gasteiger partial charge in [0.15, 0.2) is 5.65 Å². The number of fused-ring (bicyclic) bond motifs is 1. The largest absolute Gasteiger partial charge is 0.309 e. The van der Waals surface area contributed by atoms with Gasteiger partial charge in [0.25, 0.3) is 5.56 Å². The van der Waals surface area contributed by atoms with Crippen LogP contribution in [0.15, 0.2) is 47.9 Å². The van der Waals surface area contributed by atoms with E-state index in [1.165, 1.54) is 12.3 Å². The molecule has 1 N–H and O–H groups in total. The molecule has 3 aromatic rings. The molecule has 0 aliphatic heterocycles. The van der Waals surface area contributed by atoms with Crippen LogP contribution in [0.5, 0.6) is 0 Å². The van der Waals surface area contributed by atoms with Gasteiger partial charge < -0.3 is 4.98 Å². The molecule has 0 amide bonds. The fourth-order valence-electron chi connectivity index (χ4n) is 2.60. The molecule has 0 bridgehead atoms. The fourth-order valence-corrected chi connectivity index (χ4v) is 2.60. The Kier molecular flexibility index (Phi) is 4.52. The fraction of sp³-hybridized carbons (Fsp3) is 0.235. The Morgan fingerprint density at radius 1 is 1.38 bits per heavy atom. The van der Waals surface area contributed by atoms with Gasteiger partial charge in [-0.25, -0.2) is 9.37 Å². The summed E-state index contributed by atoms with van der Waals surface area (Å²) in [5.74, 6) is 0.254. The van der Waals surface area contributed by atoms with Crippen LogP contribution >= 0.6 is 0 Å². The van der Waals surface area contributed by atoms with Crippen LogP contribution < -0.4 is 5.56 Å². The lowest BCUT2D eigenvalue weighted by Gasteiger charge is -2.20. The van der Waals surface area contributed by atoms with Crippen molar-refractivity contribution in [3.63, 3.8) is 0 Å². The number of aryl methyl sites for hydroxylation is 1. The zero-order chi connectivity index (χ0) is 17.1. The van der Waals surface area contributed by atoms with E-state index in [0.29, 0.717) is 42.1 Å². The number of H-pyrrole nitrogens is 1. The second kappa shape index (κ2) is 6.76. The number of halogens is 1. The van der Waals surface area contributed by atoms with E-state index in [9.17, 15) is 9.18 Å². The van der Waals surface area contributed by atoms with Crippen molar-refractivity contribution in [3.05, 3.63) is 70.7 Å². The standard InChI is InChI=1S/C17H18FN5O/c1-3-8-23(10-12-6-4-5-7-14(12)18)11-15-20-16-13(17(24)21-15)9-19-22(16)2/h3-7,9H,1,8,10-11H2,2H3,(H,20,21,24). The van der Waals surface area contributed by atoms with Gasteiger partial charge in [-0.05, 0) is 6.07 Å². The number of nitrogens with zero attached hydrogens (tertiary/aromatic N) is 4. The molecule has 0 radical (unpaired) electrons. The van der Waals surface area contributed by atoms with Gasteiger partial charge in [-0.1, -0.05) is 24.3 Å². The van der Waals surface area contributed by atoms with E-state index in [2.05, 4.69) is 21.6 Å². The van der Waals surface area contributed by atoms with Crippen LogP contribution in [0.3, 0.4) is 0 Å². The number of rotatable bonds is 6. The summed E-state index contributed by atoms with van der Waals surface area (Å²) in [7, 11) is 1.74. The van der Waals surface area contributed by atoms with Crippen molar-refractivity contribution in [2.24, 2.45) is 7.05 Å². The third kappa shape index (κ3) is 3.26. The smallest absolute Gasteiger partial charge is 0.262 e. The number of benzene rings is 1. The molecule has 24 heavy (non-hydrogen) atoms. The first-order valence-electron chi connectivity index (χ1n) is 7.56. The van der Waals surface area contributed by atoms with Crippen molar-refractivity contribution in [2.75, 3.05) is 6.54 Å². The third-order valence-electron chi connectivity index (χ3n) is 3.76. The first-order chi connectivity index (χ1) is 11.6. The van der Waals surface area contributed by atoms with Crippen molar-refractivity contribution >= 4 is 11.0 Å². The van der Waals surface area contributed by atoms with Gasteiger partial charge in [-0.15, -0.1) is 6.58 Å². The Hall–Kier alpha value is -2.80. The molecule has 0 aliphatic carbocycles. The predicted octanol–water partition coefficient (Wildman–Crippen LogP) is 1.98. The van der Waals surface area contributed by atoms with Crippen LogP contribution in [0.25, 0.3) is 11.0 Å². The van der Waals surface area contributed by atoms with E-state index in [0.717, 1.165) is 0 Å². The minimum atomic E-state index is -0.255. The van der Waals surface area contributed by atoms with Crippen LogP contribution in [0.2, 0.25) is 0 Å². The summed E-state index contributed by atoms with van der Waals surface area (Å²) < 4.78 is 15.4. The van der Waals surface area contributed by atoms with Crippen molar-refractivity contribution in [1.82, 2.24) is 24.6 Å². The highest BCUT2D eigenvalue weighted by molar-refractivity contribution is 5.72. The maximum atomic E-state index is 13.9. The average molecular weight is 327 g/mol. The highest BCUT2D eigenvalue weighted by Gasteiger charge is 2.13. The van der Waals surface area contributed by atoms with E-state index in [1.54, 1.807) is 36.0 Å². The van der Waals surface area contributed by atoms with Gasteiger partial charge in [0.05, 0.1) is 12.7 Å². The normalized spacial score (nSPS) is 11.3. The molecule has 124 valence electrons. The number of hydrogen-bond donors (Lipinski definition) is 1. The summed E-state index contributed by atoms with van der Waals surface area (Å²) in [5.41, 5.74) is 0.883. The van der Waals surface area contributed by atoms with Crippen LogP contribution in [-0.4, -0.2) is 31.2 Å². The van der Waals surface area contributed by atoms with Crippen LogP contribution in [0.4, 0.5) is 4.39 Å². The highest BCUT2D eigenvalue weighted by Crippen LogP contribution is 2.12. The van der Waals surface area contributed by atoms with Crippen molar-refractivity contribution in [3.8, 4) is 0 Å². The summed E-state index contributed by atoms with van der Waals surface area (Å²) in [6.45, 7) is 5.05. The van der Waals surface area contributed by atoms with E-state index >= 15 is 0 Å². The summed E-state index contributed by atoms with van der Waals surface area (Å²) in [4.78, 5) is 21.3. The molecule has 3 rings (SSSR count). The second-order valence-electron chi connectivity index (χ2n) is 5.57. The number of nitrogens with one attached hydrogen (secondary N) is 1. The molecular formula is C17H18FN5O. The van der Waals surface area contributed by atoms with Gasteiger partial charge in [-0.2, -0.15) is 5.10 Å². The second-order valence-corrected chi connectivity index (χ2v) is 5.57. The van der Waals surface area contributed by atoms with Crippen LogP contribution in [0, 0.1) is 5.82 Å². The van der Waals surface area contributed by atoms with Gasteiger partial charge in [0.1, 0.15) is 17.0 Å². The SMILES string of the molecule is C=CCN(Cc1nc2c(cnn2C)c(=O)[nH]1)Cc1ccccc1F. The van der Waals surface area contributed by atoms with Crippen molar-refractivity contribution < 1.29 is 4.39 Å². The molecule has 1 aromatic carbocycles. The number of aromatic amines is 1. The van der Waals surface area contributed by atoms with E-state index in [-0.39, 0.29) is 11.4 Å². The van der Waals surface area contributed by atoms with E-state index < -0.39 is 0 Å². The maximum Gasteiger partial charge on any atom is 0.262 e. The molecule has 0 aliphatic rings. The number of aromatic nitrogens is 4. The molecule has 0 fully saturated rings. The topological polar surface area (TPSA) is 66.8 Å². The molecule has 2 aromatic heterocycles. The predicted molar refractivity (Wildman–Crippen MR) is 89.8 cm³/mol. The molecule has 0 saturated carbocycles. The molecule has 6 nitrogen and oxygen atoms in total. The Morgan fingerprint density at radius 2 is 2.17 bits per heavy atom. The first kappa shape index (κ1) is 16.1. The molecular weight excluding hydrogens is 309 g/mol. The van der Waals surface area contributed by atoms with Crippen LogP contribution in [-0.2, 0) is 20.1 Å². The number of hydrogen-bond acceptors (Lipinski definition) is 4. The molecule has 7 heteroatoms. The van der Waals surface area contributed by atoms with Gasteiger partial charge in [0, 0.05) is 25.7 Å². The third-order valence-corrected chi connectivity index (χ3v) is 3.76. The molecule has 0 atom stereocenters. The zero-order valence-electron chi connectivity index (χ0n) is 13.4. The van der Waals surface area contributed by atoms with E-state index in [1.807, 2.05) is 4.90 Å². The Morgan fingerprint density at radius 3 is 2.92 bits per heavy atom. The first-order valence-corrected chi connectivity index (χ1v) is 7.56. The summed E-state index contributed by atoms with van der Waals surface area (Å²) in [6.07, 6.45) is 3.23. The molecule has 2 heterocycles. The Labute approximate surface area is 138 Å². The highest BCUT2D eigenvalue weighted by atomic mass is 19.1. The quantitative estimate of drug-likeness (QED) is 0.703. The summed E-state index contributed by atoms with van der Waals surface area (Å²) in [5, 5.41) is 4.50. The Balaban J connectivity index is 1.88. The summed E-state index contributed by atoms with van der Waals surface area (Å²) >= 11 is 0. The van der Waals surface area contributed by atoms with E-state index in [4.69, 9.17) is 0 Å². The maximum absolute atomic E-state index is 13.9. The zero-order valence-corrected chi connectivity index (χ0v) is 13.4. The minimum Gasteiger partial charge on any atom is -0.309 e. The van der Waals surface area contributed by atoms with Gasteiger partial charge >= 0.3 is 0 Å². The van der Waals surface area contributed by atoms with Crippen molar-refractivity contribution in [2.45, 2.75) is 13.1 Å². The van der Waals surface area contributed by atoms with Gasteiger partial charge in [0.2, 0.25) is 0 Å². The van der Waals surface area contributed by atoms with Crippen molar-refractivity contribution in [1.29, 1.82) is 0 Å². The van der Waals surface area contributed by atoms with Gasteiger partial charge in [-0.3, -0.25) is 14.4 Å².